The summed E-state index contributed by atoms with van der Waals surface area (Å²) in [6, 6.07) is 0.736. The zero-order valence-corrected chi connectivity index (χ0v) is 10.5. The summed E-state index contributed by atoms with van der Waals surface area (Å²) in [5.74, 6) is 0. The molecule has 1 unspecified atom stereocenters. The molecule has 86 valence electrons. The number of rotatable bonds is 9. The summed E-state index contributed by atoms with van der Waals surface area (Å²) in [5.41, 5.74) is 0. The second-order valence-electron chi connectivity index (χ2n) is 4.10. The van der Waals surface area contributed by atoms with E-state index in [1.807, 2.05) is 0 Å². The van der Waals surface area contributed by atoms with E-state index in [2.05, 4.69) is 38.0 Å². The maximum atomic E-state index is 3.63. The molecule has 0 fully saturated rings. The van der Waals surface area contributed by atoms with E-state index in [1.165, 1.54) is 32.2 Å². The molecule has 1 N–H and O–H groups in total. The summed E-state index contributed by atoms with van der Waals surface area (Å²) in [6.07, 6.45) is 5.26. The van der Waals surface area contributed by atoms with Crippen LogP contribution in [0.5, 0.6) is 0 Å². The van der Waals surface area contributed by atoms with Crippen LogP contribution in [0, 0.1) is 0 Å². The summed E-state index contributed by atoms with van der Waals surface area (Å²) >= 11 is 0. The fourth-order valence-electron chi connectivity index (χ4n) is 1.52. The molecule has 0 aliphatic rings. The third kappa shape index (κ3) is 7.34. The van der Waals surface area contributed by atoms with Crippen LogP contribution in [0.15, 0.2) is 0 Å². The van der Waals surface area contributed by atoms with E-state index in [0.717, 1.165) is 19.1 Å². The minimum atomic E-state index is 0.736. The van der Waals surface area contributed by atoms with Crippen LogP contribution in [0.25, 0.3) is 0 Å². The van der Waals surface area contributed by atoms with Crippen LogP contribution in [0.3, 0.4) is 0 Å². The van der Waals surface area contributed by atoms with Crippen molar-refractivity contribution >= 4 is 0 Å². The van der Waals surface area contributed by atoms with E-state index >= 15 is 0 Å². The molecule has 2 heteroatoms. The molecule has 0 aromatic carbocycles. The Morgan fingerprint density at radius 1 is 1.21 bits per heavy atom. The van der Waals surface area contributed by atoms with E-state index in [1.54, 1.807) is 0 Å². The highest BCUT2D eigenvalue weighted by Crippen LogP contribution is 2.03. The molecule has 0 saturated carbocycles. The molecule has 0 saturated heterocycles. The lowest BCUT2D eigenvalue weighted by molar-refractivity contribution is 0.332. The molecule has 0 aromatic heterocycles. The highest BCUT2D eigenvalue weighted by molar-refractivity contribution is 4.65. The van der Waals surface area contributed by atoms with Crippen LogP contribution in [0.4, 0.5) is 0 Å². The first kappa shape index (κ1) is 13.9. The Morgan fingerprint density at radius 3 is 2.43 bits per heavy atom. The molecule has 0 bridgehead atoms. The third-order valence-corrected chi connectivity index (χ3v) is 2.87. The van der Waals surface area contributed by atoms with E-state index < -0.39 is 0 Å². The van der Waals surface area contributed by atoms with Gasteiger partial charge in [-0.1, -0.05) is 33.6 Å². The van der Waals surface area contributed by atoms with Crippen LogP contribution in [0.1, 0.15) is 46.5 Å². The largest absolute Gasteiger partial charge is 0.313 e. The van der Waals surface area contributed by atoms with Gasteiger partial charge < -0.3 is 10.2 Å². The minimum Gasteiger partial charge on any atom is -0.313 e. The molecule has 0 spiro atoms. The van der Waals surface area contributed by atoms with Crippen molar-refractivity contribution in [2.24, 2.45) is 0 Å². The predicted molar refractivity (Wildman–Crippen MR) is 64.8 cm³/mol. The van der Waals surface area contributed by atoms with Gasteiger partial charge in [-0.2, -0.15) is 0 Å². The van der Waals surface area contributed by atoms with Gasteiger partial charge in [-0.25, -0.2) is 0 Å². The smallest absolute Gasteiger partial charge is 0.0104 e. The molecule has 0 amide bonds. The van der Waals surface area contributed by atoms with Gasteiger partial charge in [0.2, 0.25) is 0 Å². The second-order valence-corrected chi connectivity index (χ2v) is 4.10. The molecule has 0 heterocycles. The van der Waals surface area contributed by atoms with Crippen molar-refractivity contribution in [2.75, 3.05) is 26.7 Å². The quantitative estimate of drug-likeness (QED) is 0.615. The van der Waals surface area contributed by atoms with Crippen LogP contribution in [-0.4, -0.2) is 37.6 Å². The lowest BCUT2D eigenvalue weighted by atomic mass is 10.1. The summed E-state index contributed by atoms with van der Waals surface area (Å²) in [7, 11) is 2.18. The van der Waals surface area contributed by atoms with Gasteiger partial charge in [0, 0.05) is 19.1 Å². The molecule has 1 atom stereocenters. The lowest BCUT2D eigenvalue weighted by Crippen LogP contribution is -2.35. The number of hydrogen-bond donors (Lipinski definition) is 1. The third-order valence-electron chi connectivity index (χ3n) is 2.87. The van der Waals surface area contributed by atoms with Gasteiger partial charge in [0.1, 0.15) is 0 Å². The van der Waals surface area contributed by atoms with Crippen molar-refractivity contribution in [3.05, 3.63) is 0 Å². The molecule has 0 aromatic rings. The van der Waals surface area contributed by atoms with E-state index in [4.69, 9.17) is 0 Å². The Bertz CT molecular complexity index is 115. The highest BCUT2D eigenvalue weighted by atomic mass is 15.1. The topological polar surface area (TPSA) is 15.3 Å². The van der Waals surface area contributed by atoms with E-state index in [0.29, 0.717) is 0 Å². The lowest BCUT2D eigenvalue weighted by Gasteiger charge is -2.19. The summed E-state index contributed by atoms with van der Waals surface area (Å²) in [4.78, 5) is 2.35. The summed E-state index contributed by atoms with van der Waals surface area (Å²) in [6.45, 7) is 10.2. The Hall–Kier alpha value is -0.0800. The maximum absolute atomic E-state index is 3.63. The monoisotopic (exact) mass is 200 g/mol. The van der Waals surface area contributed by atoms with Crippen molar-refractivity contribution in [3.63, 3.8) is 0 Å². The second kappa shape index (κ2) is 9.47. The zero-order valence-electron chi connectivity index (χ0n) is 10.5. The molecule has 2 nitrogen and oxygen atoms in total. The normalized spacial score (nSPS) is 13.5. The SMILES string of the molecule is CCCCC(CC)NCCN(C)CC. The average molecular weight is 200 g/mol. The Labute approximate surface area is 90.1 Å². The highest BCUT2D eigenvalue weighted by Gasteiger charge is 2.04. The fourth-order valence-corrected chi connectivity index (χ4v) is 1.52. The molecule has 14 heavy (non-hydrogen) atoms. The van der Waals surface area contributed by atoms with Gasteiger partial charge in [-0.05, 0) is 26.4 Å². The first-order valence-electron chi connectivity index (χ1n) is 6.16. The number of nitrogens with zero attached hydrogens (tertiary/aromatic N) is 1. The Morgan fingerprint density at radius 2 is 1.93 bits per heavy atom. The van der Waals surface area contributed by atoms with Gasteiger partial charge >= 0.3 is 0 Å². The van der Waals surface area contributed by atoms with Crippen molar-refractivity contribution in [2.45, 2.75) is 52.5 Å². The van der Waals surface area contributed by atoms with Crippen LogP contribution < -0.4 is 5.32 Å². The number of hydrogen-bond acceptors (Lipinski definition) is 2. The Balaban J connectivity index is 3.42. The predicted octanol–water partition coefficient (Wildman–Crippen LogP) is 2.50. The van der Waals surface area contributed by atoms with Crippen LogP contribution >= 0.6 is 0 Å². The van der Waals surface area contributed by atoms with Gasteiger partial charge in [0.15, 0.2) is 0 Å². The molecular formula is C12H28N2. The van der Waals surface area contributed by atoms with Crippen molar-refractivity contribution in [1.82, 2.24) is 10.2 Å². The van der Waals surface area contributed by atoms with Crippen molar-refractivity contribution < 1.29 is 0 Å². The number of unbranched alkanes of at least 4 members (excludes halogenated alkanes) is 1. The first-order chi connectivity index (χ1) is 6.74. The maximum Gasteiger partial charge on any atom is 0.0104 e. The molecule has 0 aliphatic carbocycles. The molecular weight excluding hydrogens is 172 g/mol. The zero-order chi connectivity index (χ0) is 10.8. The minimum absolute atomic E-state index is 0.736. The molecule has 0 rings (SSSR count). The summed E-state index contributed by atoms with van der Waals surface area (Å²) < 4.78 is 0. The van der Waals surface area contributed by atoms with Crippen LogP contribution in [0.2, 0.25) is 0 Å². The van der Waals surface area contributed by atoms with E-state index in [-0.39, 0.29) is 0 Å². The van der Waals surface area contributed by atoms with Crippen LogP contribution in [-0.2, 0) is 0 Å². The van der Waals surface area contributed by atoms with Gasteiger partial charge in [-0.3, -0.25) is 0 Å². The first-order valence-corrected chi connectivity index (χ1v) is 6.16. The molecule has 0 aliphatic heterocycles. The standard InChI is InChI=1S/C12H28N2/c1-5-8-9-12(6-2)13-10-11-14(4)7-3/h12-13H,5-11H2,1-4H3. The average Bonchev–Trinajstić information content (AvgIpc) is 2.22. The fraction of sp³-hybridized carbons (Fsp3) is 1.00. The summed E-state index contributed by atoms with van der Waals surface area (Å²) in [5, 5.41) is 3.63. The van der Waals surface area contributed by atoms with Crippen molar-refractivity contribution in [3.8, 4) is 0 Å². The van der Waals surface area contributed by atoms with Crippen molar-refractivity contribution in [1.29, 1.82) is 0 Å². The van der Waals surface area contributed by atoms with Gasteiger partial charge in [0.05, 0.1) is 0 Å². The molecule has 0 radical (unpaired) electrons. The number of nitrogens with one attached hydrogen (secondary N) is 1. The van der Waals surface area contributed by atoms with Gasteiger partial charge in [-0.15, -0.1) is 0 Å². The van der Waals surface area contributed by atoms with Gasteiger partial charge in [0.25, 0.3) is 0 Å². The van der Waals surface area contributed by atoms with E-state index in [9.17, 15) is 0 Å². The number of likely N-dealkylation sites (N-methyl/N-ethyl adjacent to an activating group) is 1. The Kier molecular flexibility index (Phi) is 9.42.